The summed E-state index contributed by atoms with van der Waals surface area (Å²) in [5, 5.41) is 0. The first-order valence-corrected chi connectivity index (χ1v) is 5.41. The second-order valence-electron chi connectivity index (χ2n) is 3.93. The number of carbonyl (C=O) groups excluding carboxylic acids is 1. The molecule has 0 aliphatic rings. The average molecular weight is 268 g/mol. The van der Waals surface area contributed by atoms with Crippen molar-refractivity contribution in [2.24, 2.45) is 0 Å². The highest BCUT2D eigenvalue weighted by atomic mass is 19.2. The van der Waals surface area contributed by atoms with Crippen LogP contribution in [-0.2, 0) is 6.42 Å². The van der Waals surface area contributed by atoms with Crippen LogP contribution in [-0.4, -0.2) is 5.78 Å². The second kappa shape index (κ2) is 5.22. The van der Waals surface area contributed by atoms with Crippen molar-refractivity contribution in [3.8, 4) is 0 Å². The van der Waals surface area contributed by atoms with Gasteiger partial charge in [-0.2, -0.15) is 0 Å². The van der Waals surface area contributed by atoms with Crippen molar-refractivity contribution >= 4 is 5.78 Å². The lowest BCUT2D eigenvalue weighted by molar-refractivity contribution is 0.0987. The summed E-state index contributed by atoms with van der Waals surface area (Å²) in [4.78, 5) is 11.8. The molecular formula is C14H8F4O. The molecular weight excluding hydrogens is 260 g/mol. The quantitative estimate of drug-likeness (QED) is 0.359. The lowest BCUT2D eigenvalue weighted by atomic mass is 10.0. The van der Waals surface area contributed by atoms with E-state index in [9.17, 15) is 22.4 Å². The maximum absolute atomic E-state index is 13.4. The van der Waals surface area contributed by atoms with Crippen molar-refractivity contribution in [3.05, 3.63) is 70.8 Å². The molecule has 19 heavy (non-hydrogen) atoms. The Kier molecular flexibility index (Phi) is 3.64. The Labute approximate surface area is 106 Å². The van der Waals surface area contributed by atoms with E-state index < -0.39 is 34.6 Å². The van der Waals surface area contributed by atoms with Gasteiger partial charge >= 0.3 is 0 Å². The normalized spacial score (nSPS) is 10.5. The largest absolute Gasteiger partial charge is 0.294 e. The van der Waals surface area contributed by atoms with E-state index in [1.807, 2.05) is 0 Å². The topological polar surface area (TPSA) is 17.1 Å². The van der Waals surface area contributed by atoms with Crippen molar-refractivity contribution in [2.75, 3.05) is 0 Å². The molecule has 0 radical (unpaired) electrons. The molecule has 1 nitrogen and oxygen atoms in total. The lowest BCUT2D eigenvalue weighted by Gasteiger charge is -2.05. The molecule has 2 aromatic carbocycles. The first-order valence-electron chi connectivity index (χ1n) is 5.41. The molecule has 0 fully saturated rings. The van der Waals surface area contributed by atoms with Gasteiger partial charge < -0.3 is 0 Å². The maximum Gasteiger partial charge on any atom is 0.198 e. The van der Waals surface area contributed by atoms with Gasteiger partial charge in [-0.15, -0.1) is 0 Å². The number of halogens is 4. The van der Waals surface area contributed by atoms with E-state index in [0.29, 0.717) is 11.6 Å². The minimum atomic E-state index is -1.98. The number of ketones is 1. The van der Waals surface area contributed by atoms with E-state index in [-0.39, 0.29) is 6.42 Å². The Balaban J connectivity index is 2.35. The summed E-state index contributed by atoms with van der Waals surface area (Å²) in [5.41, 5.74) is -0.225. The van der Waals surface area contributed by atoms with Crippen LogP contribution >= 0.6 is 0 Å². The number of carbonyl (C=O) groups is 1. The lowest BCUT2D eigenvalue weighted by Crippen LogP contribution is -2.10. The molecule has 98 valence electrons. The third kappa shape index (κ3) is 2.65. The van der Waals surface area contributed by atoms with E-state index in [4.69, 9.17) is 0 Å². The van der Waals surface area contributed by atoms with Gasteiger partial charge in [0.1, 0.15) is 0 Å². The number of Topliss-reactive ketones (excluding diaryl/α,β-unsaturated/α-hetero) is 1. The van der Waals surface area contributed by atoms with E-state index in [0.717, 1.165) is 0 Å². The molecule has 2 aromatic rings. The van der Waals surface area contributed by atoms with Gasteiger partial charge in [0.15, 0.2) is 29.1 Å². The Bertz CT molecular complexity index is 623. The highest BCUT2D eigenvalue weighted by molar-refractivity contribution is 5.97. The number of rotatable bonds is 3. The Morgan fingerprint density at radius 2 is 1.53 bits per heavy atom. The summed E-state index contributed by atoms with van der Waals surface area (Å²) in [6.07, 6.45) is -0.220. The molecule has 0 saturated heterocycles. The molecule has 0 N–H and O–H groups in total. The average Bonchev–Trinajstić information content (AvgIpc) is 2.41. The fraction of sp³-hybridized carbons (Fsp3) is 0.0714. The molecule has 0 aliphatic carbocycles. The van der Waals surface area contributed by atoms with Gasteiger partial charge in [-0.25, -0.2) is 17.6 Å². The van der Waals surface area contributed by atoms with Crippen molar-refractivity contribution in [3.63, 3.8) is 0 Å². The van der Waals surface area contributed by atoms with Gasteiger partial charge in [0.05, 0.1) is 5.56 Å². The third-order valence-electron chi connectivity index (χ3n) is 2.61. The fourth-order valence-electron chi connectivity index (χ4n) is 1.65. The van der Waals surface area contributed by atoms with Gasteiger partial charge in [0.2, 0.25) is 0 Å². The smallest absolute Gasteiger partial charge is 0.198 e. The fourth-order valence-corrected chi connectivity index (χ4v) is 1.65. The first-order chi connectivity index (χ1) is 9.00. The van der Waals surface area contributed by atoms with Crippen LogP contribution in [0.25, 0.3) is 0 Å². The summed E-state index contributed by atoms with van der Waals surface area (Å²) in [7, 11) is 0. The molecule has 0 heterocycles. The van der Waals surface area contributed by atoms with Crippen LogP contribution in [0.4, 0.5) is 17.6 Å². The minimum absolute atomic E-state index is 0.220. The zero-order chi connectivity index (χ0) is 14.0. The third-order valence-corrected chi connectivity index (χ3v) is 2.61. The predicted molar refractivity (Wildman–Crippen MR) is 60.8 cm³/mol. The van der Waals surface area contributed by atoms with Crippen LogP contribution in [0.1, 0.15) is 15.9 Å². The predicted octanol–water partition coefficient (Wildman–Crippen LogP) is 3.67. The molecule has 0 saturated carbocycles. The van der Waals surface area contributed by atoms with Crippen molar-refractivity contribution in [2.45, 2.75) is 6.42 Å². The molecule has 5 heteroatoms. The minimum Gasteiger partial charge on any atom is -0.294 e. The van der Waals surface area contributed by atoms with E-state index in [2.05, 4.69) is 0 Å². The summed E-state index contributed by atoms with van der Waals surface area (Å²) >= 11 is 0. The van der Waals surface area contributed by atoms with Crippen LogP contribution in [0.15, 0.2) is 36.4 Å². The second-order valence-corrected chi connectivity index (χ2v) is 3.93. The van der Waals surface area contributed by atoms with Crippen LogP contribution in [0.2, 0.25) is 0 Å². The number of hydrogen-bond acceptors (Lipinski definition) is 1. The molecule has 0 atom stereocenters. The molecule has 0 spiro atoms. The molecule has 0 amide bonds. The number of hydrogen-bond donors (Lipinski definition) is 0. The van der Waals surface area contributed by atoms with E-state index >= 15 is 0 Å². The van der Waals surface area contributed by atoms with E-state index in [1.165, 1.54) is 0 Å². The van der Waals surface area contributed by atoms with Gasteiger partial charge in [0.25, 0.3) is 0 Å². The van der Waals surface area contributed by atoms with Crippen LogP contribution in [0.5, 0.6) is 0 Å². The van der Waals surface area contributed by atoms with Crippen molar-refractivity contribution < 1.29 is 22.4 Å². The zero-order valence-corrected chi connectivity index (χ0v) is 9.59. The standard InChI is InChI=1S/C14H8F4O/c15-10-7-9(12(16)14(18)13(10)17)11(19)6-8-4-2-1-3-5-8/h1-5,7H,6H2. The Hall–Kier alpha value is -2.17. The summed E-state index contributed by atoms with van der Waals surface area (Å²) in [5.74, 6) is -7.97. The molecule has 0 aromatic heterocycles. The van der Waals surface area contributed by atoms with Gasteiger partial charge in [0, 0.05) is 6.42 Å². The molecule has 0 aliphatic heterocycles. The maximum atomic E-state index is 13.4. The Morgan fingerprint density at radius 1 is 0.895 bits per heavy atom. The van der Waals surface area contributed by atoms with Gasteiger partial charge in [-0.05, 0) is 11.6 Å². The summed E-state index contributed by atoms with van der Waals surface area (Å²) in [6.45, 7) is 0. The number of benzene rings is 2. The molecule has 2 rings (SSSR count). The SMILES string of the molecule is O=C(Cc1ccccc1)c1cc(F)c(F)c(F)c1F. The van der Waals surface area contributed by atoms with Crippen molar-refractivity contribution in [1.82, 2.24) is 0 Å². The first kappa shape index (κ1) is 13.3. The monoisotopic (exact) mass is 268 g/mol. The highest BCUT2D eigenvalue weighted by Crippen LogP contribution is 2.20. The highest BCUT2D eigenvalue weighted by Gasteiger charge is 2.22. The van der Waals surface area contributed by atoms with Crippen LogP contribution in [0.3, 0.4) is 0 Å². The van der Waals surface area contributed by atoms with Crippen LogP contribution < -0.4 is 0 Å². The summed E-state index contributed by atoms with van der Waals surface area (Å²) < 4.78 is 52.1. The van der Waals surface area contributed by atoms with E-state index in [1.54, 1.807) is 30.3 Å². The molecule has 0 bridgehead atoms. The molecule has 0 unspecified atom stereocenters. The van der Waals surface area contributed by atoms with Crippen LogP contribution in [0, 0.1) is 23.3 Å². The summed E-state index contributed by atoms with van der Waals surface area (Å²) in [6, 6.07) is 8.68. The Morgan fingerprint density at radius 3 is 2.16 bits per heavy atom. The van der Waals surface area contributed by atoms with Gasteiger partial charge in [-0.1, -0.05) is 30.3 Å². The van der Waals surface area contributed by atoms with Gasteiger partial charge in [-0.3, -0.25) is 4.79 Å². The zero-order valence-electron chi connectivity index (χ0n) is 9.59. The van der Waals surface area contributed by atoms with Crippen molar-refractivity contribution in [1.29, 1.82) is 0 Å².